The molecule has 1 atom stereocenters. The second-order valence-corrected chi connectivity index (χ2v) is 5.60. The molecule has 1 aromatic carbocycles. The standard InChI is InChI=1S/C15H14BrFN2/c16-15-13(2-1-9-18-15)19-14(10-3-4-10)11-5-7-12(17)8-6-11/h1-2,5-10,14,19H,3-4H2. The molecule has 1 heterocycles. The molecule has 0 amide bonds. The number of hydrogen-bond donors (Lipinski definition) is 1. The van der Waals surface area contributed by atoms with Gasteiger partial charge in [0.1, 0.15) is 10.4 Å². The minimum Gasteiger partial charge on any atom is -0.376 e. The summed E-state index contributed by atoms with van der Waals surface area (Å²) in [7, 11) is 0. The van der Waals surface area contributed by atoms with Gasteiger partial charge in [0.05, 0.1) is 11.7 Å². The molecule has 0 bridgehead atoms. The molecule has 1 N–H and O–H groups in total. The zero-order valence-corrected chi connectivity index (χ0v) is 11.9. The van der Waals surface area contributed by atoms with Crippen LogP contribution in [0.25, 0.3) is 0 Å². The second kappa shape index (κ2) is 5.29. The fourth-order valence-corrected chi connectivity index (χ4v) is 2.60. The van der Waals surface area contributed by atoms with Crippen molar-refractivity contribution >= 4 is 21.6 Å². The highest BCUT2D eigenvalue weighted by molar-refractivity contribution is 9.10. The van der Waals surface area contributed by atoms with E-state index in [4.69, 9.17) is 0 Å². The molecular weight excluding hydrogens is 307 g/mol. The molecule has 4 heteroatoms. The Kier molecular flexibility index (Phi) is 3.51. The molecule has 2 nitrogen and oxygen atoms in total. The van der Waals surface area contributed by atoms with E-state index in [1.54, 1.807) is 6.20 Å². The Morgan fingerprint density at radius 3 is 2.58 bits per heavy atom. The lowest BCUT2D eigenvalue weighted by Crippen LogP contribution is -2.13. The van der Waals surface area contributed by atoms with E-state index in [0.717, 1.165) is 15.9 Å². The van der Waals surface area contributed by atoms with E-state index in [0.29, 0.717) is 5.92 Å². The molecule has 1 aliphatic rings. The highest BCUT2D eigenvalue weighted by atomic mass is 79.9. The van der Waals surface area contributed by atoms with Gasteiger partial charge < -0.3 is 5.32 Å². The third kappa shape index (κ3) is 2.95. The van der Waals surface area contributed by atoms with E-state index in [2.05, 4.69) is 26.2 Å². The van der Waals surface area contributed by atoms with Gasteiger partial charge in [-0.05, 0) is 64.5 Å². The van der Waals surface area contributed by atoms with Crippen molar-refractivity contribution < 1.29 is 4.39 Å². The smallest absolute Gasteiger partial charge is 0.129 e. The highest BCUT2D eigenvalue weighted by Crippen LogP contribution is 2.43. The molecule has 1 unspecified atom stereocenters. The Bertz CT molecular complexity index is 567. The van der Waals surface area contributed by atoms with Crippen LogP contribution in [-0.4, -0.2) is 4.98 Å². The number of aromatic nitrogens is 1. The average Bonchev–Trinajstić information content (AvgIpc) is 3.24. The molecule has 0 spiro atoms. The fraction of sp³-hybridized carbons (Fsp3) is 0.267. The molecule has 1 aliphatic carbocycles. The van der Waals surface area contributed by atoms with Crippen LogP contribution in [0.4, 0.5) is 10.1 Å². The van der Waals surface area contributed by atoms with Crippen LogP contribution in [0.5, 0.6) is 0 Å². The summed E-state index contributed by atoms with van der Waals surface area (Å²) in [5.41, 5.74) is 2.10. The summed E-state index contributed by atoms with van der Waals surface area (Å²) >= 11 is 3.44. The molecule has 98 valence electrons. The quantitative estimate of drug-likeness (QED) is 0.836. The van der Waals surface area contributed by atoms with E-state index >= 15 is 0 Å². The predicted octanol–water partition coefficient (Wildman–Crippen LogP) is 4.55. The van der Waals surface area contributed by atoms with Crippen LogP contribution in [0, 0.1) is 11.7 Å². The molecule has 2 aromatic rings. The molecule has 3 rings (SSSR count). The van der Waals surface area contributed by atoms with Gasteiger partial charge in [0.2, 0.25) is 0 Å². The molecule has 1 saturated carbocycles. The van der Waals surface area contributed by atoms with E-state index in [-0.39, 0.29) is 11.9 Å². The number of benzene rings is 1. The van der Waals surface area contributed by atoms with Crippen LogP contribution in [0.15, 0.2) is 47.2 Å². The number of nitrogens with one attached hydrogen (secondary N) is 1. The normalized spacial score (nSPS) is 16.1. The lowest BCUT2D eigenvalue weighted by molar-refractivity contribution is 0.622. The van der Waals surface area contributed by atoms with Crippen molar-refractivity contribution in [2.45, 2.75) is 18.9 Å². The molecular formula is C15H14BrFN2. The first kappa shape index (κ1) is 12.6. The van der Waals surface area contributed by atoms with Crippen molar-refractivity contribution in [3.63, 3.8) is 0 Å². The van der Waals surface area contributed by atoms with Gasteiger partial charge in [-0.1, -0.05) is 12.1 Å². The van der Waals surface area contributed by atoms with Crippen molar-refractivity contribution in [1.29, 1.82) is 0 Å². The van der Waals surface area contributed by atoms with Gasteiger partial charge >= 0.3 is 0 Å². The Labute approximate surface area is 120 Å². The molecule has 0 aliphatic heterocycles. The first-order valence-electron chi connectivity index (χ1n) is 6.36. The lowest BCUT2D eigenvalue weighted by atomic mass is 10.0. The average molecular weight is 321 g/mol. The predicted molar refractivity (Wildman–Crippen MR) is 77.4 cm³/mol. The third-order valence-corrected chi connectivity index (χ3v) is 4.02. The van der Waals surface area contributed by atoms with E-state index in [1.807, 2.05) is 24.3 Å². The second-order valence-electron chi connectivity index (χ2n) is 4.85. The highest BCUT2D eigenvalue weighted by Gasteiger charge is 2.32. The van der Waals surface area contributed by atoms with Crippen LogP contribution in [0.2, 0.25) is 0 Å². The zero-order valence-electron chi connectivity index (χ0n) is 10.3. The molecule has 1 aromatic heterocycles. The van der Waals surface area contributed by atoms with Gasteiger partial charge in [0.15, 0.2) is 0 Å². The minimum atomic E-state index is -0.194. The summed E-state index contributed by atoms with van der Waals surface area (Å²) in [6.45, 7) is 0. The number of rotatable bonds is 4. The van der Waals surface area contributed by atoms with Gasteiger partial charge in [-0.25, -0.2) is 9.37 Å². The molecule has 0 radical (unpaired) electrons. The van der Waals surface area contributed by atoms with Gasteiger partial charge in [0, 0.05) is 6.20 Å². The van der Waals surface area contributed by atoms with Crippen molar-refractivity contribution in [2.24, 2.45) is 5.92 Å². The van der Waals surface area contributed by atoms with Gasteiger partial charge in [-0.3, -0.25) is 0 Å². The van der Waals surface area contributed by atoms with Crippen molar-refractivity contribution in [1.82, 2.24) is 4.98 Å². The van der Waals surface area contributed by atoms with Crippen LogP contribution >= 0.6 is 15.9 Å². The van der Waals surface area contributed by atoms with E-state index in [9.17, 15) is 4.39 Å². The summed E-state index contributed by atoms with van der Waals surface area (Å²) in [5, 5.41) is 3.51. The third-order valence-electron chi connectivity index (χ3n) is 3.39. The number of halogens is 2. The Balaban J connectivity index is 1.86. The summed E-state index contributed by atoms with van der Waals surface area (Å²) in [6, 6.07) is 10.9. The van der Waals surface area contributed by atoms with Crippen LogP contribution in [0.1, 0.15) is 24.4 Å². The van der Waals surface area contributed by atoms with Crippen molar-refractivity contribution in [3.8, 4) is 0 Å². The maximum Gasteiger partial charge on any atom is 0.129 e. The lowest BCUT2D eigenvalue weighted by Gasteiger charge is -2.20. The topological polar surface area (TPSA) is 24.9 Å². The maximum atomic E-state index is 13.0. The Morgan fingerprint density at radius 1 is 1.21 bits per heavy atom. The van der Waals surface area contributed by atoms with Gasteiger partial charge in [0.25, 0.3) is 0 Å². The summed E-state index contributed by atoms with van der Waals surface area (Å²) in [6.07, 6.45) is 4.18. The first-order chi connectivity index (χ1) is 9.24. The van der Waals surface area contributed by atoms with Crippen molar-refractivity contribution in [3.05, 3.63) is 58.6 Å². The minimum absolute atomic E-state index is 0.194. The van der Waals surface area contributed by atoms with Crippen LogP contribution < -0.4 is 5.32 Å². The van der Waals surface area contributed by atoms with Crippen LogP contribution in [-0.2, 0) is 0 Å². The number of hydrogen-bond acceptors (Lipinski definition) is 2. The number of anilines is 1. The monoisotopic (exact) mass is 320 g/mol. The van der Waals surface area contributed by atoms with Gasteiger partial charge in [-0.2, -0.15) is 0 Å². The summed E-state index contributed by atoms with van der Waals surface area (Å²) in [5.74, 6) is 0.429. The Morgan fingerprint density at radius 2 is 1.95 bits per heavy atom. The zero-order chi connectivity index (χ0) is 13.2. The van der Waals surface area contributed by atoms with E-state index < -0.39 is 0 Å². The first-order valence-corrected chi connectivity index (χ1v) is 7.16. The molecule has 1 fully saturated rings. The van der Waals surface area contributed by atoms with E-state index in [1.165, 1.54) is 25.0 Å². The van der Waals surface area contributed by atoms with Gasteiger partial charge in [-0.15, -0.1) is 0 Å². The molecule has 19 heavy (non-hydrogen) atoms. The SMILES string of the molecule is Fc1ccc(C(Nc2cccnc2Br)C2CC2)cc1. The Hall–Kier alpha value is -1.42. The van der Waals surface area contributed by atoms with Crippen LogP contribution in [0.3, 0.4) is 0 Å². The maximum absolute atomic E-state index is 13.0. The number of nitrogens with zero attached hydrogens (tertiary/aromatic N) is 1. The summed E-state index contributed by atoms with van der Waals surface area (Å²) in [4.78, 5) is 4.21. The number of pyridine rings is 1. The molecule has 0 saturated heterocycles. The van der Waals surface area contributed by atoms with Crippen molar-refractivity contribution in [2.75, 3.05) is 5.32 Å². The fourth-order valence-electron chi connectivity index (χ4n) is 2.23. The summed E-state index contributed by atoms with van der Waals surface area (Å²) < 4.78 is 13.8. The largest absolute Gasteiger partial charge is 0.376 e.